The first kappa shape index (κ1) is 8.05. The van der Waals surface area contributed by atoms with Gasteiger partial charge in [0.25, 0.3) is 0 Å². The van der Waals surface area contributed by atoms with Crippen LogP contribution in [0.3, 0.4) is 0 Å². The lowest BCUT2D eigenvalue weighted by molar-refractivity contribution is -0.127. The smallest absolute Gasteiger partial charge is 0.226 e. The molecule has 1 aliphatic carbocycles. The second kappa shape index (κ2) is 2.73. The summed E-state index contributed by atoms with van der Waals surface area (Å²) in [7, 11) is 0. The highest BCUT2D eigenvalue weighted by molar-refractivity contribution is 5.85. The van der Waals surface area contributed by atoms with Crippen LogP contribution >= 0.6 is 0 Å². The number of rotatable bonds is 1. The zero-order chi connectivity index (χ0) is 8.60. The van der Waals surface area contributed by atoms with Gasteiger partial charge in [0, 0.05) is 0 Å². The van der Waals surface area contributed by atoms with Crippen LogP contribution in [0.25, 0.3) is 0 Å². The van der Waals surface area contributed by atoms with Crippen molar-refractivity contribution in [2.45, 2.75) is 38.1 Å². The molecule has 3 heteroatoms. The molecule has 0 aromatic rings. The fourth-order valence-corrected chi connectivity index (χ4v) is 2.55. The van der Waals surface area contributed by atoms with E-state index in [-0.39, 0.29) is 24.0 Å². The van der Waals surface area contributed by atoms with E-state index in [9.17, 15) is 4.79 Å². The van der Waals surface area contributed by atoms with Crippen molar-refractivity contribution in [3.63, 3.8) is 0 Å². The van der Waals surface area contributed by atoms with E-state index in [2.05, 4.69) is 5.32 Å². The van der Waals surface area contributed by atoms with Crippen molar-refractivity contribution in [3.05, 3.63) is 0 Å². The summed E-state index contributed by atoms with van der Waals surface area (Å²) in [4.78, 5) is 11.5. The Kier molecular flexibility index (Phi) is 1.83. The molecule has 0 radical (unpaired) electrons. The summed E-state index contributed by atoms with van der Waals surface area (Å²) >= 11 is 0. The minimum absolute atomic E-state index is 0.0237. The van der Waals surface area contributed by atoms with Gasteiger partial charge in [-0.2, -0.15) is 0 Å². The first-order valence-electron chi connectivity index (χ1n) is 4.69. The fourth-order valence-electron chi connectivity index (χ4n) is 2.55. The Labute approximate surface area is 72.2 Å². The van der Waals surface area contributed by atoms with E-state index in [4.69, 9.17) is 5.11 Å². The highest BCUT2D eigenvalue weighted by Crippen LogP contribution is 2.45. The van der Waals surface area contributed by atoms with E-state index in [0.717, 1.165) is 19.3 Å². The molecule has 12 heavy (non-hydrogen) atoms. The fraction of sp³-hybridized carbons (Fsp3) is 0.889. The molecule has 68 valence electrons. The largest absolute Gasteiger partial charge is 0.394 e. The zero-order valence-corrected chi connectivity index (χ0v) is 7.18. The molecule has 2 rings (SSSR count). The SMILES string of the molecule is O=C1NC(CO)CC12CCCC2. The number of carbonyl (C=O) groups is 1. The molecule has 1 saturated carbocycles. The molecule has 1 unspecified atom stereocenters. The van der Waals surface area contributed by atoms with Gasteiger partial charge < -0.3 is 10.4 Å². The molecular formula is C9H15NO2. The van der Waals surface area contributed by atoms with Crippen LogP contribution in [0.15, 0.2) is 0 Å². The quantitative estimate of drug-likeness (QED) is 0.598. The number of amides is 1. The lowest BCUT2D eigenvalue weighted by Gasteiger charge is -2.17. The normalized spacial score (nSPS) is 32.8. The highest BCUT2D eigenvalue weighted by Gasteiger charge is 2.47. The molecule has 0 aromatic heterocycles. The Balaban J connectivity index is 2.11. The van der Waals surface area contributed by atoms with Gasteiger partial charge in [-0.1, -0.05) is 12.8 Å². The summed E-state index contributed by atoms with van der Waals surface area (Å²) in [5, 5.41) is 11.8. The topological polar surface area (TPSA) is 49.3 Å². The van der Waals surface area contributed by atoms with Crippen LogP contribution < -0.4 is 5.32 Å². The van der Waals surface area contributed by atoms with Crippen LogP contribution in [0, 0.1) is 5.41 Å². The van der Waals surface area contributed by atoms with Gasteiger partial charge in [-0.15, -0.1) is 0 Å². The monoisotopic (exact) mass is 169 g/mol. The summed E-state index contributed by atoms with van der Waals surface area (Å²) in [6.07, 6.45) is 5.24. The summed E-state index contributed by atoms with van der Waals surface area (Å²) in [6.45, 7) is 0.0908. The van der Waals surface area contributed by atoms with Crippen LogP contribution in [0.4, 0.5) is 0 Å². The number of hydrogen-bond donors (Lipinski definition) is 2. The third-order valence-electron chi connectivity index (χ3n) is 3.24. The number of carbonyl (C=O) groups excluding carboxylic acids is 1. The van der Waals surface area contributed by atoms with E-state index in [1.54, 1.807) is 0 Å². The van der Waals surface area contributed by atoms with Crippen molar-refractivity contribution in [2.24, 2.45) is 5.41 Å². The van der Waals surface area contributed by atoms with Crippen molar-refractivity contribution in [2.75, 3.05) is 6.61 Å². The number of hydrogen-bond acceptors (Lipinski definition) is 2. The maximum Gasteiger partial charge on any atom is 0.226 e. The minimum atomic E-state index is -0.0899. The van der Waals surface area contributed by atoms with Crippen molar-refractivity contribution in [1.82, 2.24) is 5.32 Å². The van der Waals surface area contributed by atoms with Gasteiger partial charge >= 0.3 is 0 Å². The molecule has 1 aliphatic heterocycles. The lowest BCUT2D eigenvalue weighted by Crippen LogP contribution is -2.31. The van der Waals surface area contributed by atoms with Gasteiger partial charge in [0.1, 0.15) is 0 Å². The Morgan fingerprint density at radius 2 is 2.17 bits per heavy atom. The van der Waals surface area contributed by atoms with E-state index >= 15 is 0 Å². The van der Waals surface area contributed by atoms with E-state index in [1.165, 1.54) is 12.8 Å². The van der Waals surface area contributed by atoms with Crippen LogP contribution in [-0.2, 0) is 4.79 Å². The molecule has 2 N–H and O–H groups in total. The summed E-state index contributed by atoms with van der Waals surface area (Å²) in [6, 6.07) is 0.0237. The molecule has 1 amide bonds. The van der Waals surface area contributed by atoms with E-state index in [0.29, 0.717) is 0 Å². The zero-order valence-electron chi connectivity index (χ0n) is 7.18. The molecule has 1 heterocycles. The molecule has 3 nitrogen and oxygen atoms in total. The maximum atomic E-state index is 11.5. The van der Waals surface area contributed by atoms with Crippen LogP contribution in [0.2, 0.25) is 0 Å². The molecule has 0 aromatic carbocycles. The van der Waals surface area contributed by atoms with Crippen LogP contribution in [0.5, 0.6) is 0 Å². The van der Waals surface area contributed by atoms with Gasteiger partial charge in [-0.05, 0) is 19.3 Å². The van der Waals surface area contributed by atoms with Crippen molar-refractivity contribution < 1.29 is 9.90 Å². The second-order valence-electron chi connectivity index (χ2n) is 4.04. The number of aliphatic hydroxyl groups is 1. The van der Waals surface area contributed by atoms with Crippen molar-refractivity contribution in [3.8, 4) is 0 Å². The van der Waals surface area contributed by atoms with Gasteiger partial charge in [0.15, 0.2) is 0 Å². The van der Waals surface area contributed by atoms with E-state index < -0.39 is 0 Å². The third-order valence-corrected chi connectivity index (χ3v) is 3.24. The van der Waals surface area contributed by atoms with Gasteiger partial charge in [-0.25, -0.2) is 0 Å². The summed E-state index contributed by atoms with van der Waals surface area (Å²) < 4.78 is 0. The Hall–Kier alpha value is -0.570. The molecule has 2 aliphatic rings. The first-order valence-corrected chi connectivity index (χ1v) is 4.69. The Morgan fingerprint density at radius 1 is 1.50 bits per heavy atom. The summed E-state index contributed by atoms with van der Waals surface area (Å²) in [5.41, 5.74) is -0.0899. The Morgan fingerprint density at radius 3 is 2.67 bits per heavy atom. The average molecular weight is 169 g/mol. The predicted molar refractivity (Wildman–Crippen MR) is 44.5 cm³/mol. The molecule has 2 fully saturated rings. The highest BCUT2D eigenvalue weighted by atomic mass is 16.3. The minimum Gasteiger partial charge on any atom is -0.394 e. The number of aliphatic hydroxyl groups excluding tert-OH is 1. The molecule has 1 saturated heterocycles. The Bertz CT molecular complexity index is 197. The molecular weight excluding hydrogens is 154 g/mol. The lowest BCUT2D eigenvalue weighted by atomic mass is 9.83. The van der Waals surface area contributed by atoms with Crippen LogP contribution in [0.1, 0.15) is 32.1 Å². The van der Waals surface area contributed by atoms with Gasteiger partial charge in [-0.3, -0.25) is 4.79 Å². The average Bonchev–Trinajstić information content (AvgIpc) is 2.63. The summed E-state index contributed by atoms with van der Waals surface area (Å²) in [5.74, 6) is 0.180. The molecule has 1 atom stereocenters. The number of nitrogens with one attached hydrogen (secondary N) is 1. The van der Waals surface area contributed by atoms with Crippen molar-refractivity contribution in [1.29, 1.82) is 0 Å². The second-order valence-corrected chi connectivity index (χ2v) is 4.04. The molecule has 0 bridgehead atoms. The van der Waals surface area contributed by atoms with E-state index in [1.807, 2.05) is 0 Å². The predicted octanol–water partition coefficient (Wildman–Crippen LogP) is 0.428. The van der Waals surface area contributed by atoms with Crippen molar-refractivity contribution >= 4 is 5.91 Å². The third kappa shape index (κ3) is 1.04. The van der Waals surface area contributed by atoms with Crippen LogP contribution in [-0.4, -0.2) is 23.7 Å². The van der Waals surface area contributed by atoms with Gasteiger partial charge in [0.05, 0.1) is 18.1 Å². The molecule has 1 spiro atoms. The maximum absolute atomic E-state index is 11.5. The first-order chi connectivity index (χ1) is 5.77. The standard InChI is InChI=1S/C9H15NO2/c11-6-7-5-9(8(12)10-7)3-1-2-4-9/h7,11H,1-6H2,(H,10,12). The van der Waals surface area contributed by atoms with Gasteiger partial charge in [0.2, 0.25) is 5.91 Å².